The lowest BCUT2D eigenvalue weighted by molar-refractivity contribution is -0.113. The van der Waals surface area contributed by atoms with Crippen LogP contribution in [-0.4, -0.2) is 26.4 Å². The highest BCUT2D eigenvalue weighted by atomic mass is 32.2. The molecule has 6 nitrogen and oxygen atoms in total. The van der Waals surface area contributed by atoms with Gasteiger partial charge < -0.3 is 11.1 Å². The molecule has 21 heavy (non-hydrogen) atoms. The zero-order valence-electron chi connectivity index (χ0n) is 11.7. The van der Waals surface area contributed by atoms with Gasteiger partial charge in [0.25, 0.3) is 0 Å². The molecule has 112 valence electrons. The van der Waals surface area contributed by atoms with Crippen molar-refractivity contribution in [2.75, 3.05) is 16.8 Å². The number of nitrogens with zero attached hydrogens (tertiary/aromatic N) is 3. The molecule has 0 fully saturated rings. The van der Waals surface area contributed by atoms with Crippen LogP contribution in [0.4, 0.5) is 16.0 Å². The highest BCUT2D eigenvalue weighted by Crippen LogP contribution is 2.22. The van der Waals surface area contributed by atoms with Crippen molar-refractivity contribution in [2.45, 2.75) is 25.0 Å². The predicted octanol–water partition coefficient (Wildman–Crippen LogP) is 2.31. The maximum atomic E-state index is 13.0. The van der Waals surface area contributed by atoms with Crippen molar-refractivity contribution in [2.24, 2.45) is 0 Å². The third-order valence-electron chi connectivity index (χ3n) is 2.65. The molecule has 8 heteroatoms. The van der Waals surface area contributed by atoms with Crippen LogP contribution in [0.25, 0.3) is 0 Å². The summed E-state index contributed by atoms with van der Waals surface area (Å²) in [4.78, 5) is 11.8. The van der Waals surface area contributed by atoms with Crippen LogP contribution in [0.3, 0.4) is 0 Å². The van der Waals surface area contributed by atoms with Crippen LogP contribution in [0.2, 0.25) is 0 Å². The van der Waals surface area contributed by atoms with E-state index in [1.807, 2.05) is 13.8 Å². The summed E-state index contributed by atoms with van der Waals surface area (Å²) in [6.07, 6.45) is 0. The van der Waals surface area contributed by atoms with E-state index in [2.05, 4.69) is 15.5 Å². The molecule has 0 saturated heterocycles. The molecule has 2 aromatic rings. The van der Waals surface area contributed by atoms with Crippen molar-refractivity contribution in [3.63, 3.8) is 0 Å². The van der Waals surface area contributed by atoms with E-state index in [0.717, 1.165) is 0 Å². The topological polar surface area (TPSA) is 85.8 Å². The molecule has 1 amide bonds. The van der Waals surface area contributed by atoms with Gasteiger partial charge in [0.05, 0.1) is 5.75 Å². The zero-order chi connectivity index (χ0) is 15.4. The molecule has 1 aromatic heterocycles. The minimum atomic E-state index is -0.396. The number of rotatable bonds is 5. The molecule has 0 spiro atoms. The summed E-state index contributed by atoms with van der Waals surface area (Å²) >= 11 is 1.23. The van der Waals surface area contributed by atoms with E-state index in [4.69, 9.17) is 5.73 Å². The van der Waals surface area contributed by atoms with Crippen LogP contribution in [0, 0.1) is 5.82 Å². The van der Waals surface area contributed by atoms with Crippen molar-refractivity contribution in [1.29, 1.82) is 0 Å². The molecule has 0 atom stereocenters. The molecular weight excluding hydrogens is 293 g/mol. The van der Waals surface area contributed by atoms with Crippen molar-refractivity contribution in [1.82, 2.24) is 14.8 Å². The van der Waals surface area contributed by atoms with Gasteiger partial charge in [-0.25, -0.2) is 4.39 Å². The normalized spacial score (nSPS) is 10.9. The average Bonchev–Trinajstić information content (AvgIpc) is 2.77. The lowest BCUT2D eigenvalue weighted by Crippen LogP contribution is -2.15. The molecule has 3 N–H and O–H groups in total. The molecule has 0 saturated carbocycles. The van der Waals surface area contributed by atoms with Crippen molar-refractivity contribution in [3.8, 4) is 0 Å². The number of carbonyl (C=O) groups excluding carboxylic acids is 1. The molecule has 0 radical (unpaired) electrons. The first-order valence-electron chi connectivity index (χ1n) is 6.36. The Kier molecular flexibility index (Phi) is 4.79. The van der Waals surface area contributed by atoms with Crippen LogP contribution >= 0.6 is 11.8 Å². The van der Waals surface area contributed by atoms with Crippen LogP contribution < -0.4 is 11.1 Å². The van der Waals surface area contributed by atoms with Crippen LogP contribution in [0.1, 0.15) is 19.9 Å². The van der Waals surface area contributed by atoms with Crippen LogP contribution in [0.15, 0.2) is 29.4 Å². The highest BCUT2D eigenvalue weighted by Gasteiger charge is 2.14. The Morgan fingerprint density at radius 3 is 2.90 bits per heavy atom. The minimum absolute atomic E-state index is 0.105. The number of benzene rings is 1. The molecular formula is C13H16FN5OS. The predicted molar refractivity (Wildman–Crippen MR) is 80.6 cm³/mol. The molecule has 1 aromatic carbocycles. The van der Waals surface area contributed by atoms with Gasteiger partial charge in [-0.05, 0) is 32.0 Å². The molecule has 0 aliphatic rings. The number of anilines is 2. The lowest BCUT2D eigenvalue weighted by Gasteiger charge is -2.11. The first-order chi connectivity index (χ1) is 9.97. The van der Waals surface area contributed by atoms with Crippen molar-refractivity contribution >= 4 is 29.3 Å². The Morgan fingerprint density at radius 1 is 1.48 bits per heavy atom. The fourth-order valence-corrected chi connectivity index (χ4v) is 2.64. The van der Waals surface area contributed by atoms with Gasteiger partial charge in [0.2, 0.25) is 11.9 Å². The summed E-state index contributed by atoms with van der Waals surface area (Å²) in [5, 5.41) is 10.9. The quantitative estimate of drug-likeness (QED) is 0.828. The number of aromatic nitrogens is 3. The Hall–Kier alpha value is -2.09. The largest absolute Gasteiger partial charge is 0.368 e. The Morgan fingerprint density at radius 2 is 2.24 bits per heavy atom. The fraction of sp³-hybridized carbons (Fsp3) is 0.308. The van der Waals surface area contributed by atoms with E-state index < -0.39 is 5.82 Å². The third kappa shape index (κ3) is 3.94. The van der Waals surface area contributed by atoms with Gasteiger partial charge in [0.1, 0.15) is 5.82 Å². The minimum Gasteiger partial charge on any atom is -0.368 e. The fourth-order valence-electron chi connectivity index (χ4n) is 1.77. The molecule has 0 aliphatic heterocycles. The van der Waals surface area contributed by atoms with Crippen LogP contribution in [-0.2, 0) is 4.79 Å². The SMILES string of the molecule is CC(C)n1c(N)nnc1SCC(=O)Nc1cccc(F)c1. The Labute approximate surface area is 125 Å². The molecule has 0 unspecified atom stereocenters. The average molecular weight is 309 g/mol. The van der Waals surface area contributed by atoms with Gasteiger partial charge in [0.15, 0.2) is 5.16 Å². The van der Waals surface area contributed by atoms with Crippen LogP contribution in [0.5, 0.6) is 0 Å². The molecule has 2 rings (SSSR count). The lowest BCUT2D eigenvalue weighted by atomic mass is 10.3. The van der Waals surface area contributed by atoms with E-state index >= 15 is 0 Å². The second kappa shape index (κ2) is 6.57. The van der Waals surface area contributed by atoms with Gasteiger partial charge in [-0.3, -0.25) is 9.36 Å². The number of nitrogen functional groups attached to an aromatic ring is 1. The van der Waals surface area contributed by atoms with Gasteiger partial charge in [0, 0.05) is 11.7 Å². The summed E-state index contributed by atoms with van der Waals surface area (Å²) in [6, 6.07) is 5.85. The Balaban J connectivity index is 1.96. The number of nitrogens with two attached hydrogens (primary N) is 1. The maximum Gasteiger partial charge on any atom is 0.234 e. The van der Waals surface area contributed by atoms with Gasteiger partial charge in [-0.15, -0.1) is 10.2 Å². The van der Waals surface area contributed by atoms with Gasteiger partial charge in [-0.1, -0.05) is 17.8 Å². The highest BCUT2D eigenvalue weighted by molar-refractivity contribution is 7.99. The second-order valence-electron chi connectivity index (χ2n) is 4.65. The smallest absolute Gasteiger partial charge is 0.234 e. The number of amides is 1. The summed E-state index contributed by atoms with van der Waals surface area (Å²) in [7, 11) is 0. The zero-order valence-corrected chi connectivity index (χ0v) is 12.5. The van der Waals surface area contributed by atoms with Crippen molar-refractivity contribution < 1.29 is 9.18 Å². The maximum absolute atomic E-state index is 13.0. The summed E-state index contributed by atoms with van der Waals surface area (Å²) in [5.74, 6) is -0.185. The monoisotopic (exact) mass is 309 g/mol. The van der Waals surface area contributed by atoms with E-state index in [-0.39, 0.29) is 17.7 Å². The van der Waals surface area contributed by atoms with Gasteiger partial charge >= 0.3 is 0 Å². The van der Waals surface area contributed by atoms with E-state index in [9.17, 15) is 9.18 Å². The first-order valence-corrected chi connectivity index (χ1v) is 7.34. The number of carbonyl (C=O) groups is 1. The first kappa shape index (κ1) is 15.3. The molecule has 0 bridgehead atoms. The number of hydrogen-bond donors (Lipinski definition) is 2. The van der Waals surface area contributed by atoms with E-state index in [1.54, 1.807) is 10.6 Å². The number of nitrogens with one attached hydrogen (secondary N) is 1. The third-order valence-corrected chi connectivity index (χ3v) is 3.59. The Bertz CT molecular complexity index is 643. The summed E-state index contributed by atoms with van der Waals surface area (Å²) < 4.78 is 14.8. The molecule has 0 aliphatic carbocycles. The number of thioether (sulfide) groups is 1. The summed E-state index contributed by atoms with van der Waals surface area (Å²) in [6.45, 7) is 3.91. The van der Waals surface area contributed by atoms with Crippen molar-refractivity contribution in [3.05, 3.63) is 30.1 Å². The van der Waals surface area contributed by atoms with E-state index in [0.29, 0.717) is 16.8 Å². The number of halogens is 1. The molecule has 1 heterocycles. The standard InChI is InChI=1S/C13H16FN5OS/c1-8(2)19-12(15)17-18-13(19)21-7-11(20)16-10-5-3-4-9(14)6-10/h3-6,8H,7H2,1-2H3,(H2,15,17)(H,16,20). The van der Waals surface area contributed by atoms with Gasteiger partial charge in [-0.2, -0.15) is 0 Å². The summed E-state index contributed by atoms with van der Waals surface area (Å²) in [5.41, 5.74) is 6.14. The van der Waals surface area contributed by atoms with E-state index in [1.165, 1.54) is 30.0 Å². The second-order valence-corrected chi connectivity index (χ2v) is 5.59. The number of hydrogen-bond acceptors (Lipinski definition) is 5.